The number of Topliss-reactive ketones (excluding diaryl/α,β-unsaturated/α-hetero) is 2. The van der Waals surface area contributed by atoms with E-state index in [1.54, 1.807) is 48.5 Å². The van der Waals surface area contributed by atoms with E-state index >= 15 is 0 Å². The zero-order valence-corrected chi connectivity index (χ0v) is 19.0. The Bertz CT molecular complexity index is 1330. The molecule has 164 valence electrons. The second-order valence-corrected chi connectivity index (χ2v) is 9.11. The molecular formula is C26H17Cl2NO4. The summed E-state index contributed by atoms with van der Waals surface area (Å²) in [6.07, 6.45) is -0.279. The molecule has 0 aromatic heterocycles. The van der Waals surface area contributed by atoms with E-state index in [2.05, 4.69) is 0 Å². The van der Waals surface area contributed by atoms with Gasteiger partial charge in [0.05, 0.1) is 21.7 Å². The summed E-state index contributed by atoms with van der Waals surface area (Å²) in [4.78, 5) is 55.5. The fourth-order valence-electron chi connectivity index (χ4n) is 4.87. The van der Waals surface area contributed by atoms with Crippen LogP contribution < -0.4 is 4.90 Å². The van der Waals surface area contributed by atoms with E-state index < -0.39 is 34.7 Å². The number of carbonyl (C=O) groups is 4. The van der Waals surface area contributed by atoms with E-state index in [-0.39, 0.29) is 33.3 Å². The number of halogens is 2. The molecule has 1 heterocycles. The summed E-state index contributed by atoms with van der Waals surface area (Å²) < 4.78 is 0. The normalized spacial score (nSPS) is 19.4. The zero-order valence-electron chi connectivity index (χ0n) is 17.5. The van der Waals surface area contributed by atoms with Crippen LogP contribution in [0.1, 0.15) is 38.3 Å². The quantitative estimate of drug-likeness (QED) is 0.383. The van der Waals surface area contributed by atoms with E-state index in [0.29, 0.717) is 5.56 Å². The first kappa shape index (κ1) is 21.6. The molecule has 1 aliphatic carbocycles. The van der Waals surface area contributed by atoms with Crippen molar-refractivity contribution >= 4 is 52.3 Å². The number of anilines is 1. The molecule has 2 amide bonds. The average molecular weight is 478 g/mol. The molecule has 1 unspecified atom stereocenters. The summed E-state index contributed by atoms with van der Waals surface area (Å²) in [6.45, 7) is 1.89. The third kappa shape index (κ3) is 3.00. The second kappa shape index (κ2) is 7.65. The molecule has 1 atom stereocenters. The number of carbonyl (C=O) groups excluding carboxylic acids is 4. The van der Waals surface area contributed by atoms with Crippen molar-refractivity contribution in [3.63, 3.8) is 0 Å². The topological polar surface area (TPSA) is 71.5 Å². The fraction of sp³-hybridized carbons (Fsp3) is 0.154. The van der Waals surface area contributed by atoms with Gasteiger partial charge in [0.2, 0.25) is 11.8 Å². The van der Waals surface area contributed by atoms with E-state index in [4.69, 9.17) is 23.2 Å². The predicted octanol–water partition coefficient (Wildman–Crippen LogP) is 5.20. The number of fused-ring (bicyclic) bond motifs is 1. The number of hydrogen-bond donors (Lipinski definition) is 0. The van der Waals surface area contributed by atoms with Crippen LogP contribution >= 0.6 is 23.2 Å². The molecular weight excluding hydrogens is 461 g/mol. The number of imide groups is 1. The van der Waals surface area contributed by atoms with Crippen LogP contribution in [0.25, 0.3) is 0 Å². The van der Waals surface area contributed by atoms with Crippen LogP contribution in [0.4, 0.5) is 5.69 Å². The Kier molecular flexibility index (Phi) is 5.00. The molecule has 1 fully saturated rings. The molecule has 0 saturated carbocycles. The van der Waals surface area contributed by atoms with Gasteiger partial charge >= 0.3 is 0 Å². The molecule has 7 heteroatoms. The number of amides is 2. The Morgan fingerprint density at radius 2 is 1.42 bits per heavy atom. The van der Waals surface area contributed by atoms with Gasteiger partial charge in [-0.15, -0.1) is 0 Å². The Morgan fingerprint density at radius 1 is 0.818 bits per heavy atom. The minimum absolute atomic E-state index is 0.187. The number of nitrogens with zero attached hydrogens (tertiary/aromatic N) is 1. The molecule has 33 heavy (non-hydrogen) atoms. The van der Waals surface area contributed by atoms with E-state index in [0.717, 1.165) is 10.5 Å². The Labute approximate surface area is 199 Å². The fourth-order valence-corrected chi connectivity index (χ4v) is 5.16. The van der Waals surface area contributed by atoms with Crippen molar-refractivity contribution in [2.45, 2.75) is 18.8 Å². The lowest BCUT2D eigenvalue weighted by molar-refractivity contribution is -0.122. The molecule has 1 aliphatic heterocycles. The largest absolute Gasteiger partial charge is 0.293 e. The summed E-state index contributed by atoms with van der Waals surface area (Å²) in [5.41, 5.74) is 0.302. The van der Waals surface area contributed by atoms with Crippen LogP contribution in [0.2, 0.25) is 10.0 Å². The van der Waals surface area contributed by atoms with Crippen molar-refractivity contribution in [2.24, 2.45) is 5.92 Å². The number of ketones is 2. The number of rotatable bonds is 3. The van der Waals surface area contributed by atoms with Crippen LogP contribution in [0.5, 0.6) is 0 Å². The van der Waals surface area contributed by atoms with Gasteiger partial charge in [-0.2, -0.15) is 0 Å². The van der Waals surface area contributed by atoms with Crippen molar-refractivity contribution in [3.8, 4) is 0 Å². The maximum absolute atomic E-state index is 13.9. The van der Waals surface area contributed by atoms with Gasteiger partial charge in [0.1, 0.15) is 5.41 Å². The molecule has 1 saturated heterocycles. The van der Waals surface area contributed by atoms with Gasteiger partial charge in [-0.3, -0.25) is 24.1 Å². The molecule has 0 spiro atoms. The summed E-state index contributed by atoms with van der Waals surface area (Å²) in [7, 11) is 0. The molecule has 0 N–H and O–H groups in total. The molecule has 3 aromatic rings. The van der Waals surface area contributed by atoms with E-state index in [1.165, 1.54) is 18.2 Å². The van der Waals surface area contributed by atoms with Gasteiger partial charge in [-0.1, -0.05) is 77.3 Å². The molecule has 0 radical (unpaired) electrons. The lowest BCUT2D eigenvalue weighted by Gasteiger charge is -2.31. The van der Waals surface area contributed by atoms with Gasteiger partial charge in [0.25, 0.3) is 0 Å². The van der Waals surface area contributed by atoms with Crippen LogP contribution in [-0.4, -0.2) is 23.4 Å². The molecule has 5 rings (SSSR count). The van der Waals surface area contributed by atoms with Crippen LogP contribution in [0.15, 0.2) is 66.7 Å². The standard InChI is InChI=1S/C26H17Cl2NO4/c1-14-6-8-15(9-7-14)26(23(31)17-4-2-3-5-18(17)24(26)32)19-13-22(30)29(25(19)33)16-10-11-20(27)21(28)12-16/h2-12,19H,13H2,1H3. The number of hydrogen-bond acceptors (Lipinski definition) is 4. The van der Waals surface area contributed by atoms with Crippen molar-refractivity contribution < 1.29 is 19.2 Å². The van der Waals surface area contributed by atoms with Gasteiger partial charge in [0, 0.05) is 17.5 Å². The summed E-state index contributed by atoms with van der Waals surface area (Å²) in [5.74, 6) is -3.24. The van der Waals surface area contributed by atoms with Gasteiger partial charge in [-0.05, 0) is 30.7 Å². The van der Waals surface area contributed by atoms with E-state index in [9.17, 15) is 19.2 Å². The van der Waals surface area contributed by atoms with Crippen LogP contribution in [-0.2, 0) is 15.0 Å². The van der Waals surface area contributed by atoms with Crippen molar-refractivity contribution in [2.75, 3.05) is 4.90 Å². The summed E-state index contributed by atoms with van der Waals surface area (Å²) >= 11 is 12.1. The lowest BCUT2D eigenvalue weighted by Crippen LogP contribution is -2.49. The smallest absolute Gasteiger partial charge is 0.239 e. The highest BCUT2D eigenvalue weighted by Crippen LogP contribution is 2.49. The Morgan fingerprint density at radius 3 is 2.00 bits per heavy atom. The SMILES string of the molecule is Cc1ccc(C2(C3CC(=O)N(c4ccc(Cl)c(Cl)c4)C3=O)C(=O)c3ccccc3C2=O)cc1. The van der Waals surface area contributed by atoms with Gasteiger partial charge in [-0.25, -0.2) is 0 Å². The zero-order chi connectivity index (χ0) is 23.5. The summed E-state index contributed by atoms with van der Waals surface area (Å²) in [6, 6.07) is 17.9. The molecule has 5 nitrogen and oxygen atoms in total. The third-order valence-corrected chi connectivity index (χ3v) is 7.21. The molecule has 2 aliphatic rings. The Balaban J connectivity index is 1.69. The highest BCUT2D eigenvalue weighted by molar-refractivity contribution is 6.42. The molecule has 0 bridgehead atoms. The van der Waals surface area contributed by atoms with Gasteiger partial charge < -0.3 is 0 Å². The first-order chi connectivity index (χ1) is 15.8. The lowest BCUT2D eigenvalue weighted by atomic mass is 9.66. The predicted molar refractivity (Wildman–Crippen MR) is 125 cm³/mol. The van der Waals surface area contributed by atoms with Crippen LogP contribution in [0.3, 0.4) is 0 Å². The minimum atomic E-state index is -1.81. The van der Waals surface area contributed by atoms with E-state index in [1.807, 2.05) is 6.92 Å². The maximum Gasteiger partial charge on any atom is 0.239 e. The van der Waals surface area contributed by atoms with Crippen molar-refractivity contribution in [1.29, 1.82) is 0 Å². The number of aryl methyl sites for hydroxylation is 1. The van der Waals surface area contributed by atoms with Crippen LogP contribution in [0, 0.1) is 12.8 Å². The van der Waals surface area contributed by atoms with Crippen molar-refractivity contribution in [3.05, 3.63) is 99.0 Å². The minimum Gasteiger partial charge on any atom is -0.293 e. The second-order valence-electron chi connectivity index (χ2n) is 8.30. The molecule has 3 aromatic carbocycles. The monoisotopic (exact) mass is 477 g/mol. The third-order valence-electron chi connectivity index (χ3n) is 6.47. The van der Waals surface area contributed by atoms with Gasteiger partial charge in [0.15, 0.2) is 11.6 Å². The summed E-state index contributed by atoms with van der Waals surface area (Å²) in [5, 5.41) is 0.468. The number of benzene rings is 3. The highest BCUT2D eigenvalue weighted by Gasteiger charge is 2.64. The highest BCUT2D eigenvalue weighted by atomic mass is 35.5. The average Bonchev–Trinajstić information content (AvgIpc) is 3.22. The first-order valence-corrected chi connectivity index (χ1v) is 11.1. The first-order valence-electron chi connectivity index (χ1n) is 10.3. The van der Waals surface area contributed by atoms with Crippen molar-refractivity contribution in [1.82, 2.24) is 0 Å². The maximum atomic E-state index is 13.9. The Hall–Kier alpha value is -3.28.